The molecule has 0 bridgehead atoms. The highest BCUT2D eigenvalue weighted by Crippen LogP contribution is 2.14. The monoisotopic (exact) mass is 477 g/mol. The van der Waals surface area contributed by atoms with Crippen molar-refractivity contribution in [1.29, 1.82) is 0 Å². The van der Waals surface area contributed by atoms with E-state index in [0.717, 1.165) is 49.6 Å². The lowest BCUT2D eigenvalue weighted by atomic mass is 10.1. The minimum Gasteiger partial charge on any atom is -0.386 e. The summed E-state index contributed by atoms with van der Waals surface area (Å²) >= 11 is 0. The molecule has 3 N–H and O–H groups in total. The van der Waals surface area contributed by atoms with E-state index in [2.05, 4.69) is 15.6 Å². The van der Waals surface area contributed by atoms with Crippen LogP contribution in [0.1, 0.15) is 37.0 Å². The highest BCUT2D eigenvalue weighted by molar-refractivity contribution is 14.0. The molecule has 1 aliphatic rings. The number of guanidine groups is 1. The summed E-state index contributed by atoms with van der Waals surface area (Å²) in [7, 11) is 0. The van der Waals surface area contributed by atoms with E-state index in [0.29, 0.717) is 19.8 Å². The minimum absolute atomic E-state index is 0. The molecule has 1 saturated heterocycles. The Bertz CT molecular complexity index is 537. The second-order valence-electron chi connectivity index (χ2n) is 6.29. The van der Waals surface area contributed by atoms with Gasteiger partial charge < -0.3 is 25.2 Å². The Kier molecular flexibility index (Phi) is 11.8. The van der Waals surface area contributed by atoms with Crippen LogP contribution in [0.4, 0.5) is 0 Å². The normalized spacial score (nSPS) is 18.3. The summed E-state index contributed by atoms with van der Waals surface area (Å²) in [5.41, 5.74) is 2.03. The van der Waals surface area contributed by atoms with Crippen LogP contribution in [-0.2, 0) is 9.47 Å². The van der Waals surface area contributed by atoms with Gasteiger partial charge in [-0.3, -0.25) is 4.99 Å². The highest BCUT2D eigenvalue weighted by atomic mass is 127. The molecular formula is C19H32IN3O3. The van der Waals surface area contributed by atoms with Crippen molar-refractivity contribution in [3.8, 4) is 0 Å². The number of aliphatic imine (C=N–C) groups is 1. The Morgan fingerprint density at radius 3 is 2.96 bits per heavy atom. The van der Waals surface area contributed by atoms with Crippen molar-refractivity contribution in [2.24, 2.45) is 4.99 Å². The van der Waals surface area contributed by atoms with Gasteiger partial charge in [-0.2, -0.15) is 0 Å². The number of hydrogen-bond donors (Lipinski definition) is 3. The average molecular weight is 477 g/mol. The van der Waals surface area contributed by atoms with E-state index in [9.17, 15) is 5.11 Å². The van der Waals surface area contributed by atoms with Crippen LogP contribution in [0.15, 0.2) is 29.3 Å². The van der Waals surface area contributed by atoms with Gasteiger partial charge in [-0.25, -0.2) is 0 Å². The zero-order valence-electron chi connectivity index (χ0n) is 15.7. The molecule has 148 valence electrons. The van der Waals surface area contributed by atoms with Gasteiger partial charge >= 0.3 is 0 Å². The van der Waals surface area contributed by atoms with Gasteiger partial charge in [0, 0.05) is 26.3 Å². The third-order valence-corrected chi connectivity index (χ3v) is 4.05. The predicted molar refractivity (Wildman–Crippen MR) is 115 cm³/mol. The number of aryl methyl sites for hydroxylation is 1. The van der Waals surface area contributed by atoms with E-state index in [-0.39, 0.29) is 30.1 Å². The van der Waals surface area contributed by atoms with Gasteiger partial charge in [0.25, 0.3) is 0 Å². The van der Waals surface area contributed by atoms with E-state index >= 15 is 0 Å². The Balaban J connectivity index is 0.00000338. The zero-order chi connectivity index (χ0) is 17.9. The fourth-order valence-electron chi connectivity index (χ4n) is 2.68. The molecule has 0 aliphatic carbocycles. The Labute approximate surface area is 173 Å². The largest absolute Gasteiger partial charge is 0.386 e. The van der Waals surface area contributed by atoms with Gasteiger partial charge in [0.2, 0.25) is 0 Å². The summed E-state index contributed by atoms with van der Waals surface area (Å²) in [5.74, 6) is 0.721. The van der Waals surface area contributed by atoms with Crippen LogP contribution in [0.25, 0.3) is 0 Å². The second kappa shape index (κ2) is 13.3. The number of nitrogens with one attached hydrogen (secondary N) is 2. The standard InChI is InChI=1S/C19H31N3O3.HI/c1-3-20-19(21-9-5-10-25-17-8-11-24-14-17)22-13-18(23)16-7-4-6-15(2)12-16;/h4,6-7,12,17-18,23H,3,5,8-11,13-14H2,1-2H3,(H2,20,21,22);1H. The van der Waals surface area contributed by atoms with Gasteiger partial charge in [-0.05, 0) is 32.3 Å². The summed E-state index contributed by atoms with van der Waals surface area (Å²) in [4.78, 5) is 4.48. The van der Waals surface area contributed by atoms with Crippen LogP contribution in [0, 0.1) is 6.92 Å². The van der Waals surface area contributed by atoms with Crippen LogP contribution in [0.5, 0.6) is 0 Å². The van der Waals surface area contributed by atoms with Crippen molar-refractivity contribution < 1.29 is 14.6 Å². The number of nitrogens with zero attached hydrogens (tertiary/aromatic N) is 1. The van der Waals surface area contributed by atoms with Gasteiger partial charge in [-0.1, -0.05) is 29.8 Å². The molecule has 0 amide bonds. The molecule has 1 heterocycles. The summed E-state index contributed by atoms with van der Waals surface area (Å²) in [6.07, 6.45) is 1.56. The maximum atomic E-state index is 10.3. The fraction of sp³-hybridized carbons (Fsp3) is 0.632. The minimum atomic E-state index is -0.596. The maximum Gasteiger partial charge on any atom is 0.191 e. The van der Waals surface area contributed by atoms with Gasteiger partial charge in [0.1, 0.15) is 0 Å². The lowest BCUT2D eigenvalue weighted by Crippen LogP contribution is -2.38. The first-order valence-electron chi connectivity index (χ1n) is 9.15. The molecule has 2 unspecified atom stereocenters. The molecule has 1 aromatic rings. The topological polar surface area (TPSA) is 75.1 Å². The lowest BCUT2D eigenvalue weighted by Gasteiger charge is -2.14. The third-order valence-electron chi connectivity index (χ3n) is 4.05. The number of ether oxygens (including phenoxy) is 2. The first-order chi connectivity index (χ1) is 12.2. The molecule has 0 saturated carbocycles. The molecule has 2 atom stereocenters. The summed E-state index contributed by atoms with van der Waals surface area (Å²) < 4.78 is 11.0. The average Bonchev–Trinajstić information content (AvgIpc) is 3.12. The van der Waals surface area contributed by atoms with Crippen molar-refractivity contribution in [1.82, 2.24) is 10.6 Å². The number of aliphatic hydroxyl groups excluding tert-OH is 1. The molecule has 0 aromatic heterocycles. The van der Waals surface area contributed by atoms with Crippen molar-refractivity contribution in [3.05, 3.63) is 35.4 Å². The van der Waals surface area contributed by atoms with E-state index in [4.69, 9.17) is 9.47 Å². The SMILES string of the molecule is CCNC(=NCC(O)c1cccc(C)c1)NCCCOC1CCOC1.I. The van der Waals surface area contributed by atoms with E-state index in [1.807, 2.05) is 38.1 Å². The Hall–Kier alpha value is -0.900. The molecule has 1 aromatic carbocycles. The Morgan fingerprint density at radius 1 is 1.42 bits per heavy atom. The number of halogens is 1. The summed E-state index contributed by atoms with van der Waals surface area (Å²) in [5, 5.41) is 16.8. The molecule has 2 rings (SSSR count). The molecule has 1 aliphatic heterocycles. The maximum absolute atomic E-state index is 10.3. The molecule has 0 spiro atoms. The summed E-state index contributed by atoms with van der Waals surface area (Å²) in [6, 6.07) is 7.89. The number of benzene rings is 1. The predicted octanol–water partition coefficient (Wildman–Crippen LogP) is 2.40. The quantitative estimate of drug-likeness (QED) is 0.221. The van der Waals surface area contributed by atoms with E-state index in [1.54, 1.807) is 0 Å². The van der Waals surface area contributed by atoms with Crippen molar-refractivity contribution >= 4 is 29.9 Å². The van der Waals surface area contributed by atoms with Crippen molar-refractivity contribution in [2.75, 3.05) is 39.5 Å². The third kappa shape index (κ3) is 8.66. The van der Waals surface area contributed by atoms with Crippen LogP contribution in [0.3, 0.4) is 0 Å². The second-order valence-corrected chi connectivity index (χ2v) is 6.29. The van der Waals surface area contributed by atoms with Crippen LogP contribution < -0.4 is 10.6 Å². The first-order valence-corrected chi connectivity index (χ1v) is 9.15. The van der Waals surface area contributed by atoms with Gasteiger partial charge in [0.05, 0.1) is 25.4 Å². The first kappa shape index (κ1) is 23.1. The van der Waals surface area contributed by atoms with Crippen LogP contribution in [-0.4, -0.2) is 56.6 Å². The van der Waals surface area contributed by atoms with E-state index in [1.165, 1.54) is 0 Å². The smallest absolute Gasteiger partial charge is 0.191 e. The van der Waals surface area contributed by atoms with Crippen LogP contribution in [0.2, 0.25) is 0 Å². The fourth-order valence-corrected chi connectivity index (χ4v) is 2.68. The number of rotatable bonds is 9. The number of aliphatic hydroxyl groups is 1. The highest BCUT2D eigenvalue weighted by Gasteiger charge is 2.15. The molecule has 7 heteroatoms. The van der Waals surface area contributed by atoms with Gasteiger partial charge in [-0.15, -0.1) is 24.0 Å². The number of hydrogen-bond acceptors (Lipinski definition) is 4. The lowest BCUT2D eigenvalue weighted by molar-refractivity contribution is 0.0420. The van der Waals surface area contributed by atoms with Crippen molar-refractivity contribution in [3.63, 3.8) is 0 Å². The molecule has 1 fully saturated rings. The van der Waals surface area contributed by atoms with E-state index < -0.39 is 6.10 Å². The molecular weight excluding hydrogens is 445 g/mol. The Morgan fingerprint density at radius 2 is 2.27 bits per heavy atom. The molecule has 0 radical (unpaired) electrons. The molecule has 26 heavy (non-hydrogen) atoms. The van der Waals surface area contributed by atoms with Crippen LogP contribution >= 0.6 is 24.0 Å². The summed E-state index contributed by atoms with van der Waals surface area (Å²) in [6.45, 7) is 8.17. The van der Waals surface area contributed by atoms with Gasteiger partial charge in [0.15, 0.2) is 5.96 Å². The van der Waals surface area contributed by atoms with Crippen molar-refractivity contribution in [2.45, 2.75) is 38.9 Å². The zero-order valence-corrected chi connectivity index (χ0v) is 18.1. The molecule has 6 nitrogen and oxygen atoms in total.